The number of aliphatic carboxylic acids is 1. The smallest absolute Gasteiger partial charge is 0.332 e. The van der Waals surface area contributed by atoms with Crippen LogP contribution in [-0.2, 0) is 23.9 Å². The summed E-state index contributed by atoms with van der Waals surface area (Å²) >= 11 is 0. The molecule has 0 amide bonds. The highest BCUT2D eigenvalue weighted by Gasteiger charge is 2.21. The van der Waals surface area contributed by atoms with Crippen LogP contribution in [0.2, 0.25) is 0 Å². The standard InChI is InChI=1S/C12H19NO6/c1-4-18-10(14)6-8(3)13-9(12(16)17)7-11(15)19-5-2/h6,9,13H,4-5,7H2,1-3H3,(H,16,17)/b8-6+/t9-/m0/s1. The second-order valence-corrected chi connectivity index (χ2v) is 3.62. The van der Waals surface area contributed by atoms with E-state index in [2.05, 4.69) is 14.8 Å². The number of hydrogen-bond acceptors (Lipinski definition) is 6. The molecule has 0 aromatic heterocycles. The summed E-state index contributed by atoms with van der Waals surface area (Å²) in [5.74, 6) is -2.40. The van der Waals surface area contributed by atoms with Crippen molar-refractivity contribution in [3.8, 4) is 0 Å². The summed E-state index contributed by atoms with van der Waals surface area (Å²) in [6.07, 6.45) is 0.807. The molecular formula is C12H19NO6. The van der Waals surface area contributed by atoms with Gasteiger partial charge in [0.05, 0.1) is 19.6 Å². The van der Waals surface area contributed by atoms with Gasteiger partial charge >= 0.3 is 17.9 Å². The summed E-state index contributed by atoms with van der Waals surface area (Å²) in [6, 6.07) is -1.15. The van der Waals surface area contributed by atoms with E-state index in [1.54, 1.807) is 13.8 Å². The summed E-state index contributed by atoms with van der Waals surface area (Å²) < 4.78 is 9.35. The van der Waals surface area contributed by atoms with Crippen molar-refractivity contribution in [3.63, 3.8) is 0 Å². The molecule has 0 rings (SSSR count). The predicted octanol–water partition coefficient (Wildman–Crippen LogP) is 0.449. The summed E-state index contributed by atoms with van der Waals surface area (Å²) in [5.41, 5.74) is 0.301. The highest BCUT2D eigenvalue weighted by atomic mass is 16.5. The minimum absolute atomic E-state index is 0.183. The minimum atomic E-state index is -1.20. The molecule has 0 unspecified atom stereocenters. The average Bonchev–Trinajstić information content (AvgIpc) is 2.28. The van der Waals surface area contributed by atoms with Gasteiger partial charge in [-0.1, -0.05) is 0 Å². The van der Waals surface area contributed by atoms with Gasteiger partial charge in [-0.15, -0.1) is 0 Å². The Morgan fingerprint density at radius 2 is 1.79 bits per heavy atom. The number of carboxylic acids is 1. The number of esters is 2. The Labute approximate surface area is 111 Å². The Kier molecular flexibility index (Phi) is 7.99. The lowest BCUT2D eigenvalue weighted by Gasteiger charge is -2.15. The quantitative estimate of drug-likeness (QED) is 0.489. The third-order valence-corrected chi connectivity index (χ3v) is 2.00. The van der Waals surface area contributed by atoms with Gasteiger partial charge in [-0.3, -0.25) is 4.79 Å². The molecule has 0 aliphatic carbocycles. The zero-order valence-electron chi connectivity index (χ0n) is 11.3. The molecule has 0 aliphatic rings. The molecule has 0 saturated carbocycles. The molecule has 0 radical (unpaired) electrons. The van der Waals surface area contributed by atoms with Crippen molar-refractivity contribution in [2.24, 2.45) is 0 Å². The van der Waals surface area contributed by atoms with Crippen LogP contribution in [0.4, 0.5) is 0 Å². The second kappa shape index (κ2) is 8.96. The molecule has 0 aliphatic heterocycles. The molecule has 0 saturated heterocycles. The van der Waals surface area contributed by atoms with Gasteiger partial charge in [-0.05, 0) is 20.8 Å². The van der Waals surface area contributed by atoms with E-state index in [-0.39, 0.29) is 19.6 Å². The first-order chi connectivity index (χ1) is 8.90. The maximum Gasteiger partial charge on any atom is 0.332 e. The van der Waals surface area contributed by atoms with Gasteiger partial charge in [0, 0.05) is 11.8 Å². The molecular weight excluding hydrogens is 254 g/mol. The molecule has 19 heavy (non-hydrogen) atoms. The average molecular weight is 273 g/mol. The highest BCUT2D eigenvalue weighted by molar-refractivity contribution is 5.84. The number of allylic oxidation sites excluding steroid dienone is 1. The zero-order valence-corrected chi connectivity index (χ0v) is 11.3. The van der Waals surface area contributed by atoms with E-state index in [1.165, 1.54) is 6.92 Å². The lowest BCUT2D eigenvalue weighted by molar-refractivity contribution is -0.149. The largest absolute Gasteiger partial charge is 0.480 e. The molecule has 0 heterocycles. The van der Waals surface area contributed by atoms with Crippen molar-refractivity contribution in [1.29, 1.82) is 0 Å². The summed E-state index contributed by atoms with van der Waals surface area (Å²) in [6.45, 7) is 5.22. The third kappa shape index (κ3) is 7.80. The molecule has 0 spiro atoms. The molecule has 108 valence electrons. The molecule has 0 aromatic rings. The Bertz CT molecular complexity index is 363. The Balaban J connectivity index is 4.54. The molecule has 7 nitrogen and oxygen atoms in total. The number of carboxylic acid groups (broad SMARTS) is 1. The SMILES string of the molecule is CCOC(=O)/C=C(\C)N[C@@H](CC(=O)OCC)C(=O)O. The molecule has 7 heteroatoms. The highest BCUT2D eigenvalue weighted by Crippen LogP contribution is 2.00. The predicted molar refractivity (Wildman–Crippen MR) is 66.2 cm³/mol. The molecule has 2 N–H and O–H groups in total. The summed E-state index contributed by atoms with van der Waals surface area (Å²) in [5, 5.41) is 11.5. The Morgan fingerprint density at radius 3 is 2.26 bits per heavy atom. The van der Waals surface area contributed by atoms with Gasteiger partial charge < -0.3 is 19.9 Å². The number of hydrogen-bond donors (Lipinski definition) is 2. The van der Waals surface area contributed by atoms with Crippen molar-refractivity contribution >= 4 is 17.9 Å². The van der Waals surface area contributed by atoms with Crippen molar-refractivity contribution in [1.82, 2.24) is 5.32 Å². The van der Waals surface area contributed by atoms with Gasteiger partial charge in [-0.25, -0.2) is 9.59 Å². The first-order valence-corrected chi connectivity index (χ1v) is 5.90. The van der Waals surface area contributed by atoms with Crippen LogP contribution in [0.5, 0.6) is 0 Å². The molecule has 0 aromatic carbocycles. The molecule has 0 fully saturated rings. The topological polar surface area (TPSA) is 102 Å². The van der Waals surface area contributed by atoms with E-state index in [0.717, 1.165) is 6.08 Å². The van der Waals surface area contributed by atoms with Crippen LogP contribution in [0.15, 0.2) is 11.8 Å². The minimum Gasteiger partial charge on any atom is -0.480 e. The zero-order chi connectivity index (χ0) is 14.8. The van der Waals surface area contributed by atoms with Crippen molar-refractivity contribution in [2.45, 2.75) is 33.2 Å². The van der Waals surface area contributed by atoms with E-state index >= 15 is 0 Å². The lowest BCUT2D eigenvalue weighted by atomic mass is 10.2. The fourth-order valence-corrected chi connectivity index (χ4v) is 1.26. The van der Waals surface area contributed by atoms with Crippen molar-refractivity contribution in [2.75, 3.05) is 13.2 Å². The first-order valence-electron chi connectivity index (χ1n) is 5.90. The normalized spacial score (nSPS) is 12.5. The lowest BCUT2D eigenvalue weighted by Crippen LogP contribution is -2.38. The van der Waals surface area contributed by atoms with Gasteiger partial charge in [0.1, 0.15) is 6.04 Å². The van der Waals surface area contributed by atoms with E-state index in [9.17, 15) is 14.4 Å². The van der Waals surface area contributed by atoms with Gasteiger partial charge in [0.25, 0.3) is 0 Å². The van der Waals surface area contributed by atoms with Crippen LogP contribution in [0.3, 0.4) is 0 Å². The van der Waals surface area contributed by atoms with E-state index < -0.39 is 23.9 Å². The van der Waals surface area contributed by atoms with Crippen LogP contribution in [-0.4, -0.2) is 42.3 Å². The summed E-state index contributed by atoms with van der Waals surface area (Å²) in [7, 11) is 0. The van der Waals surface area contributed by atoms with E-state index in [0.29, 0.717) is 5.70 Å². The number of carbonyl (C=O) groups is 3. The van der Waals surface area contributed by atoms with Gasteiger partial charge in [0.2, 0.25) is 0 Å². The maximum absolute atomic E-state index is 11.2. The van der Waals surface area contributed by atoms with Crippen LogP contribution in [0, 0.1) is 0 Å². The van der Waals surface area contributed by atoms with Crippen molar-refractivity contribution in [3.05, 3.63) is 11.8 Å². The second-order valence-electron chi connectivity index (χ2n) is 3.62. The number of nitrogens with one attached hydrogen (secondary N) is 1. The monoisotopic (exact) mass is 273 g/mol. The van der Waals surface area contributed by atoms with E-state index in [1.807, 2.05) is 0 Å². The molecule has 1 atom stereocenters. The van der Waals surface area contributed by atoms with Gasteiger partial charge in [-0.2, -0.15) is 0 Å². The third-order valence-electron chi connectivity index (χ3n) is 2.00. The Morgan fingerprint density at radius 1 is 1.21 bits per heavy atom. The van der Waals surface area contributed by atoms with Gasteiger partial charge in [0.15, 0.2) is 0 Å². The maximum atomic E-state index is 11.2. The van der Waals surface area contributed by atoms with Crippen LogP contribution in [0.25, 0.3) is 0 Å². The Hall–Kier alpha value is -2.05. The van der Waals surface area contributed by atoms with Crippen LogP contribution in [0.1, 0.15) is 27.2 Å². The summed E-state index contributed by atoms with van der Waals surface area (Å²) in [4.78, 5) is 33.4. The number of carbonyl (C=O) groups excluding carboxylic acids is 2. The van der Waals surface area contributed by atoms with E-state index in [4.69, 9.17) is 5.11 Å². The fourth-order valence-electron chi connectivity index (χ4n) is 1.26. The molecule has 0 bridgehead atoms. The number of rotatable bonds is 8. The van der Waals surface area contributed by atoms with Crippen LogP contribution < -0.4 is 5.32 Å². The first kappa shape index (κ1) is 16.9. The van der Waals surface area contributed by atoms with Crippen LogP contribution >= 0.6 is 0 Å². The fraction of sp³-hybridized carbons (Fsp3) is 0.583. The number of ether oxygens (including phenoxy) is 2. The van der Waals surface area contributed by atoms with Crippen molar-refractivity contribution < 1.29 is 29.0 Å².